The number of anilines is 2. The number of aromatic nitrogens is 2. The summed E-state index contributed by atoms with van der Waals surface area (Å²) in [5.74, 6) is -0.884. The van der Waals surface area contributed by atoms with E-state index in [1.54, 1.807) is 48.8 Å². The van der Waals surface area contributed by atoms with Crippen LogP contribution in [-0.4, -0.2) is 31.8 Å². The Hall–Kier alpha value is -5.11. The van der Waals surface area contributed by atoms with E-state index < -0.39 is 12.0 Å². The number of amides is 2. The van der Waals surface area contributed by atoms with Gasteiger partial charge in [0, 0.05) is 24.0 Å². The Balaban J connectivity index is 1.29. The van der Waals surface area contributed by atoms with Gasteiger partial charge in [-0.25, -0.2) is 14.6 Å². The molecule has 0 saturated heterocycles. The maximum absolute atomic E-state index is 12.3. The maximum atomic E-state index is 12.3. The number of nitrogens with zero attached hydrogens (tertiary/aromatic N) is 2. The molecule has 4 N–H and O–H groups in total. The molecule has 0 bridgehead atoms. The summed E-state index contributed by atoms with van der Waals surface area (Å²) in [5, 5.41) is 24.4. The van der Waals surface area contributed by atoms with Crippen molar-refractivity contribution in [1.29, 1.82) is 0 Å². The number of aromatic hydroxyl groups is 1. The molecule has 0 aliphatic heterocycles. The first-order valence-electron chi connectivity index (χ1n) is 11.2. The summed E-state index contributed by atoms with van der Waals surface area (Å²) in [5.41, 5.74) is 5.54. The number of imidazole rings is 1. The van der Waals surface area contributed by atoms with Crippen molar-refractivity contribution in [1.82, 2.24) is 9.55 Å². The van der Waals surface area contributed by atoms with Crippen LogP contribution in [0, 0.1) is 0 Å². The summed E-state index contributed by atoms with van der Waals surface area (Å²) in [6.07, 6.45) is 1.74. The average Bonchev–Trinajstić information content (AvgIpc) is 3.26. The number of phenolic OH excluding ortho intramolecular Hbond substituents is 1. The van der Waals surface area contributed by atoms with Crippen LogP contribution >= 0.6 is 0 Å². The number of carbonyl (C=O) groups excluding carboxylic acids is 1. The monoisotopic (exact) mass is 478 g/mol. The molecular formula is C28H22N4O4. The Bertz CT molecular complexity index is 1570. The third-order valence-electron chi connectivity index (χ3n) is 5.76. The molecule has 0 saturated carbocycles. The van der Waals surface area contributed by atoms with Crippen molar-refractivity contribution in [3.05, 3.63) is 108 Å². The fourth-order valence-electron chi connectivity index (χ4n) is 4.05. The molecule has 5 aromatic rings. The van der Waals surface area contributed by atoms with Gasteiger partial charge in [0.05, 0.1) is 22.9 Å². The molecule has 5 rings (SSSR count). The summed E-state index contributed by atoms with van der Waals surface area (Å²) in [6, 6.07) is 26.1. The van der Waals surface area contributed by atoms with E-state index in [1.807, 2.05) is 41.0 Å². The topological polar surface area (TPSA) is 116 Å². The molecule has 2 amide bonds. The largest absolute Gasteiger partial charge is 0.508 e. The summed E-state index contributed by atoms with van der Waals surface area (Å²) >= 11 is 0. The highest BCUT2D eigenvalue weighted by atomic mass is 16.4. The zero-order valence-corrected chi connectivity index (χ0v) is 19.1. The van der Waals surface area contributed by atoms with Crippen LogP contribution in [0.4, 0.5) is 16.2 Å². The van der Waals surface area contributed by atoms with Gasteiger partial charge in [-0.1, -0.05) is 48.5 Å². The van der Waals surface area contributed by atoms with Crippen LogP contribution in [0.2, 0.25) is 0 Å². The predicted molar refractivity (Wildman–Crippen MR) is 138 cm³/mol. The van der Waals surface area contributed by atoms with Gasteiger partial charge >= 0.3 is 12.0 Å². The summed E-state index contributed by atoms with van der Waals surface area (Å²) in [4.78, 5) is 28.3. The van der Waals surface area contributed by atoms with Gasteiger partial charge in [0.15, 0.2) is 0 Å². The standard InChI is InChI=1S/C28H22N4O4/c33-22-5-3-4-20(14-22)30-28(36)31-21-12-13-26-25(15-21)29-17-32(26)16-18-8-10-19(11-9-18)23-6-1-2-7-24(23)27(34)35/h1-15,17,33H,16H2,(H,34,35)(H2,30,31,36). The summed E-state index contributed by atoms with van der Waals surface area (Å²) in [7, 11) is 0. The Morgan fingerprint density at radius 3 is 2.33 bits per heavy atom. The molecule has 0 unspecified atom stereocenters. The van der Waals surface area contributed by atoms with Gasteiger partial charge in [-0.3, -0.25) is 0 Å². The Morgan fingerprint density at radius 1 is 0.833 bits per heavy atom. The Kier molecular flexibility index (Phi) is 6.07. The third kappa shape index (κ3) is 4.88. The number of aromatic carboxylic acids is 1. The molecule has 36 heavy (non-hydrogen) atoms. The van der Waals surface area contributed by atoms with Crippen LogP contribution in [0.3, 0.4) is 0 Å². The molecule has 0 aliphatic rings. The van der Waals surface area contributed by atoms with Crippen LogP contribution in [-0.2, 0) is 6.54 Å². The number of rotatable bonds is 6. The molecule has 1 aromatic heterocycles. The quantitative estimate of drug-likeness (QED) is 0.246. The average molecular weight is 479 g/mol. The van der Waals surface area contributed by atoms with Crippen molar-refractivity contribution in [3.8, 4) is 16.9 Å². The normalized spacial score (nSPS) is 10.8. The number of nitrogens with one attached hydrogen (secondary N) is 2. The third-order valence-corrected chi connectivity index (χ3v) is 5.76. The van der Waals surface area contributed by atoms with Crippen molar-refractivity contribution < 1.29 is 19.8 Å². The van der Waals surface area contributed by atoms with E-state index in [2.05, 4.69) is 15.6 Å². The van der Waals surface area contributed by atoms with Gasteiger partial charge in [-0.05, 0) is 53.1 Å². The van der Waals surface area contributed by atoms with Crippen LogP contribution in [0.1, 0.15) is 15.9 Å². The SMILES string of the molecule is O=C(Nc1cccc(O)c1)Nc1ccc2c(c1)ncn2Cc1ccc(-c2ccccc2C(=O)O)cc1. The summed E-state index contributed by atoms with van der Waals surface area (Å²) in [6.45, 7) is 0.585. The maximum Gasteiger partial charge on any atom is 0.336 e. The fourth-order valence-corrected chi connectivity index (χ4v) is 4.05. The second-order valence-corrected chi connectivity index (χ2v) is 8.25. The molecule has 1 heterocycles. The van der Waals surface area contributed by atoms with Crippen molar-refractivity contribution >= 4 is 34.4 Å². The van der Waals surface area contributed by atoms with Crippen LogP contribution in [0.25, 0.3) is 22.2 Å². The predicted octanol–water partition coefficient (Wildman–Crippen LogP) is 5.80. The minimum Gasteiger partial charge on any atom is -0.508 e. The molecule has 0 radical (unpaired) electrons. The second-order valence-electron chi connectivity index (χ2n) is 8.25. The molecule has 0 spiro atoms. The lowest BCUT2D eigenvalue weighted by atomic mass is 9.99. The zero-order chi connectivity index (χ0) is 25.1. The molecule has 0 fully saturated rings. The number of hydrogen-bond donors (Lipinski definition) is 4. The van der Waals surface area contributed by atoms with E-state index in [4.69, 9.17) is 0 Å². The van der Waals surface area contributed by atoms with Gasteiger partial charge in [-0.15, -0.1) is 0 Å². The first-order chi connectivity index (χ1) is 17.5. The number of carboxylic acid groups (broad SMARTS) is 1. The molecule has 178 valence electrons. The number of phenols is 1. The van der Waals surface area contributed by atoms with E-state index in [0.29, 0.717) is 23.5 Å². The molecule has 0 atom stereocenters. The fraction of sp³-hybridized carbons (Fsp3) is 0.0357. The number of hydrogen-bond acceptors (Lipinski definition) is 4. The molecule has 4 aromatic carbocycles. The van der Waals surface area contributed by atoms with Crippen molar-refractivity contribution in [2.24, 2.45) is 0 Å². The van der Waals surface area contributed by atoms with E-state index in [-0.39, 0.29) is 11.3 Å². The number of carbonyl (C=O) groups is 2. The van der Waals surface area contributed by atoms with Crippen LogP contribution in [0.15, 0.2) is 97.3 Å². The number of urea groups is 1. The van der Waals surface area contributed by atoms with Gasteiger partial charge < -0.3 is 25.4 Å². The van der Waals surface area contributed by atoms with Crippen LogP contribution < -0.4 is 10.6 Å². The highest BCUT2D eigenvalue weighted by Crippen LogP contribution is 2.25. The van der Waals surface area contributed by atoms with E-state index in [0.717, 1.165) is 22.2 Å². The number of benzene rings is 4. The van der Waals surface area contributed by atoms with Crippen molar-refractivity contribution in [3.63, 3.8) is 0 Å². The van der Waals surface area contributed by atoms with E-state index >= 15 is 0 Å². The summed E-state index contributed by atoms with van der Waals surface area (Å²) < 4.78 is 2.01. The van der Waals surface area contributed by atoms with Gasteiger partial charge in [0.2, 0.25) is 0 Å². The minimum absolute atomic E-state index is 0.0690. The molecule has 8 nitrogen and oxygen atoms in total. The van der Waals surface area contributed by atoms with Crippen molar-refractivity contribution in [2.45, 2.75) is 6.54 Å². The molecule has 8 heteroatoms. The number of fused-ring (bicyclic) bond motifs is 1. The van der Waals surface area contributed by atoms with E-state index in [1.165, 1.54) is 12.1 Å². The van der Waals surface area contributed by atoms with Crippen LogP contribution in [0.5, 0.6) is 5.75 Å². The highest BCUT2D eigenvalue weighted by Gasteiger charge is 2.11. The Morgan fingerprint density at radius 2 is 1.58 bits per heavy atom. The second kappa shape index (κ2) is 9.63. The van der Waals surface area contributed by atoms with Gasteiger partial charge in [0.1, 0.15) is 5.75 Å². The van der Waals surface area contributed by atoms with Crippen molar-refractivity contribution in [2.75, 3.05) is 10.6 Å². The smallest absolute Gasteiger partial charge is 0.336 e. The van der Waals surface area contributed by atoms with E-state index in [9.17, 15) is 19.8 Å². The Labute approximate surface area is 206 Å². The lowest BCUT2D eigenvalue weighted by Gasteiger charge is -2.10. The molecular weight excluding hydrogens is 456 g/mol. The van der Waals surface area contributed by atoms with Gasteiger partial charge in [-0.2, -0.15) is 0 Å². The lowest BCUT2D eigenvalue weighted by Crippen LogP contribution is -2.19. The highest BCUT2D eigenvalue weighted by molar-refractivity contribution is 6.01. The first kappa shape index (κ1) is 22.7. The number of carboxylic acids is 1. The lowest BCUT2D eigenvalue weighted by molar-refractivity contribution is 0.0697. The van der Waals surface area contributed by atoms with Gasteiger partial charge in [0.25, 0.3) is 0 Å². The first-order valence-corrected chi connectivity index (χ1v) is 11.2. The zero-order valence-electron chi connectivity index (χ0n) is 19.1. The molecule has 0 aliphatic carbocycles. The minimum atomic E-state index is -0.953.